The van der Waals surface area contributed by atoms with Crippen molar-refractivity contribution in [1.29, 1.82) is 0 Å². The number of aromatic hydroxyl groups is 1. The summed E-state index contributed by atoms with van der Waals surface area (Å²) in [5, 5.41) is 11.9. The topological polar surface area (TPSA) is 75.6 Å². The van der Waals surface area contributed by atoms with Crippen molar-refractivity contribution in [2.75, 3.05) is 6.61 Å². The molecule has 5 nitrogen and oxygen atoms in total. The standard InChI is InChI=1S/C13H17NO4/c1-4-18-13(17)9(3)14-12(16)10-5-6-11(15)8(2)7-10/h5-7,9,15H,4H2,1-3H3,(H,14,16). The van der Waals surface area contributed by atoms with Gasteiger partial charge in [0.15, 0.2) is 0 Å². The van der Waals surface area contributed by atoms with Crippen LogP contribution in [0.2, 0.25) is 0 Å². The van der Waals surface area contributed by atoms with Gasteiger partial charge in [0.1, 0.15) is 11.8 Å². The molecule has 1 aromatic rings. The first-order chi connectivity index (χ1) is 8.45. The Morgan fingerprint density at radius 1 is 1.44 bits per heavy atom. The second-order valence-electron chi connectivity index (χ2n) is 3.95. The third-order valence-corrected chi connectivity index (χ3v) is 2.45. The lowest BCUT2D eigenvalue weighted by Gasteiger charge is -2.13. The predicted octanol–water partition coefficient (Wildman–Crippen LogP) is 1.38. The number of nitrogens with one attached hydrogen (secondary N) is 1. The number of carbonyl (C=O) groups is 2. The van der Waals surface area contributed by atoms with E-state index in [1.54, 1.807) is 26.8 Å². The van der Waals surface area contributed by atoms with Crippen LogP contribution in [-0.4, -0.2) is 29.6 Å². The van der Waals surface area contributed by atoms with Gasteiger partial charge in [0.25, 0.3) is 5.91 Å². The van der Waals surface area contributed by atoms with E-state index in [9.17, 15) is 14.7 Å². The monoisotopic (exact) mass is 251 g/mol. The summed E-state index contributed by atoms with van der Waals surface area (Å²) in [7, 11) is 0. The van der Waals surface area contributed by atoms with Crippen LogP contribution >= 0.6 is 0 Å². The van der Waals surface area contributed by atoms with Crippen molar-refractivity contribution in [2.45, 2.75) is 26.8 Å². The molecule has 5 heteroatoms. The molecule has 18 heavy (non-hydrogen) atoms. The van der Waals surface area contributed by atoms with Crippen LogP contribution in [0.25, 0.3) is 0 Å². The van der Waals surface area contributed by atoms with Crippen LogP contribution in [0.4, 0.5) is 0 Å². The smallest absolute Gasteiger partial charge is 0.328 e. The van der Waals surface area contributed by atoms with E-state index in [2.05, 4.69) is 5.32 Å². The Morgan fingerprint density at radius 2 is 2.11 bits per heavy atom. The average Bonchev–Trinajstić information content (AvgIpc) is 2.32. The molecule has 0 radical (unpaired) electrons. The number of hydrogen-bond acceptors (Lipinski definition) is 4. The van der Waals surface area contributed by atoms with E-state index in [-0.39, 0.29) is 18.3 Å². The number of phenols is 1. The molecule has 1 amide bonds. The van der Waals surface area contributed by atoms with Crippen LogP contribution in [0.5, 0.6) is 5.75 Å². The van der Waals surface area contributed by atoms with Crippen LogP contribution in [-0.2, 0) is 9.53 Å². The van der Waals surface area contributed by atoms with Gasteiger partial charge in [-0.2, -0.15) is 0 Å². The number of ether oxygens (including phenoxy) is 1. The summed E-state index contributed by atoms with van der Waals surface area (Å²) in [5.41, 5.74) is 0.993. The maximum atomic E-state index is 11.8. The minimum Gasteiger partial charge on any atom is -0.508 e. The summed E-state index contributed by atoms with van der Waals surface area (Å²) in [4.78, 5) is 23.2. The fourth-order valence-electron chi connectivity index (χ4n) is 1.40. The Bertz CT molecular complexity index is 456. The van der Waals surface area contributed by atoms with Crippen LogP contribution in [0.15, 0.2) is 18.2 Å². The fourth-order valence-corrected chi connectivity index (χ4v) is 1.40. The van der Waals surface area contributed by atoms with E-state index >= 15 is 0 Å². The van der Waals surface area contributed by atoms with Crippen LogP contribution in [0, 0.1) is 6.92 Å². The minimum atomic E-state index is -0.702. The fraction of sp³-hybridized carbons (Fsp3) is 0.385. The molecule has 1 unspecified atom stereocenters. The lowest BCUT2D eigenvalue weighted by atomic mass is 10.1. The molecule has 0 aliphatic rings. The summed E-state index contributed by atoms with van der Waals surface area (Å²) in [6, 6.07) is 3.80. The molecule has 0 aliphatic carbocycles. The van der Waals surface area contributed by atoms with Crippen molar-refractivity contribution < 1.29 is 19.4 Å². The molecule has 0 saturated heterocycles. The molecule has 0 aliphatic heterocycles. The number of aryl methyl sites for hydroxylation is 1. The van der Waals surface area contributed by atoms with Crippen LogP contribution in [0.1, 0.15) is 29.8 Å². The Labute approximate surface area is 106 Å². The van der Waals surface area contributed by atoms with Gasteiger partial charge in [-0.15, -0.1) is 0 Å². The van der Waals surface area contributed by atoms with E-state index in [4.69, 9.17) is 4.74 Å². The number of rotatable bonds is 4. The van der Waals surface area contributed by atoms with Gasteiger partial charge >= 0.3 is 5.97 Å². The molecule has 0 spiro atoms. The lowest BCUT2D eigenvalue weighted by molar-refractivity contribution is -0.144. The van der Waals surface area contributed by atoms with Crippen molar-refractivity contribution in [3.05, 3.63) is 29.3 Å². The van der Waals surface area contributed by atoms with Gasteiger partial charge in [-0.05, 0) is 44.5 Å². The zero-order chi connectivity index (χ0) is 13.7. The number of carbonyl (C=O) groups excluding carboxylic acids is 2. The van der Waals surface area contributed by atoms with E-state index in [0.29, 0.717) is 11.1 Å². The maximum Gasteiger partial charge on any atom is 0.328 e. The van der Waals surface area contributed by atoms with Gasteiger partial charge in [-0.3, -0.25) is 4.79 Å². The Morgan fingerprint density at radius 3 is 2.67 bits per heavy atom. The van der Waals surface area contributed by atoms with Crippen molar-refractivity contribution in [3.63, 3.8) is 0 Å². The van der Waals surface area contributed by atoms with Gasteiger partial charge in [-0.1, -0.05) is 0 Å². The zero-order valence-electron chi connectivity index (χ0n) is 10.7. The number of hydrogen-bond donors (Lipinski definition) is 2. The Balaban J connectivity index is 2.70. The molecule has 0 saturated carbocycles. The molecular weight excluding hydrogens is 234 g/mol. The SMILES string of the molecule is CCOC(=O)C(C)NC(=O)c1ccc(O)c(C)c1. The summed E-state index contributed by atoms with van der Waals surface area (Å²) in [6.45, 7) is 5.23. The highest BCUT2D eigenvalue weighted by atomic mass is 16.5. The van der Waals surface area contributed by atoms with Gasteiger partial charge < -0.3 is 15.2 Å². The Hall–Kier alpha value is -2.04. The first-order valence-electron chi connectivity index (χ1n) is 5.72. The third kappa shape index (κ3) is 3.48. The van der Waals surface area contributed by atoms with Gasteiger partial charge in [0.2, 0.25) is 0 Å². The predicted molar refractivity (Wildman–Crippen MR) is 66.4 cm³/mol. The second kappa shape index (κ2) is 6.05. The summed E-state index contributed by atoms with van der Waals surface area (Å²) in [5.74, 6) is -0.718. The number of esters is 1. The quantitative estimate of drug-likeness (QED) is 0.793. The molecule has 98 valence electrons. The average molecular weight is 251 g/mol. The molecule has 0 aromatic heterocycles. The zero-order valence-corrected chi connectivity index (χ0v) is 10.7. The third-order valence-electron chi connectivity index (χ3n) is 2.45. The molecule has 0 fully saturated rings. The summed E-state index contributed by atoms with van der Waals surface area (Å²) < 4.78 is 4.79. The van der Waals surface area contributed by atoms with E-state index in [1.165, 1.54) is 12.1 Å². The summed E-state index contributed by atoms with van der Waals surface area (Å²) in [6.07, 6.45) is 0. The van der Waals surface area contributed by atoms with Crippen molar-refractivity contribution in [3.8, 4) is 5.75 Å². The second-order valence-corrected chi connectivity index (χ2v) is 3.95. The van der Waals surface area contributed by atoms with E-state index in [0.717, 1.165) is 0 Å². The van der Waals surface area contributed by atoms with Gasteiger partial charge in [-0.25, -0.2) is 4.79 Å². The van der Waals surface area contributed by atoms with Gasteiger partial charge in [0, 0.05) is 5.56 Å². The van der Waals surface area contributed by atoms with E-state index < -0.39 is 12.0 Å². The highest BCUT2D eigenvalue weighted by Crippen LogP contribution is 2.16. The molecular formula is C13H17NO4. The maximum absolute atomic E-state index is 11.8. The highest BCUT2D eigenvalue weighted by molar-refractivity contribution is 5.97. The molecule has 1 rings (SSSR count). The highest BCUT2D eigenvalue weighted by Gasteiger charge is 2.17. The number of benzene rings is 1. The summed E-state index contributed by atoms with van der Waals surface area (Å²) >= 11 is 0. The lowest BCUT2D eigenvalue weighted by Crippen LogP contribution is -2.39. The Kier molecular flexibility index (Phi) is 4.71. The van der Waals surface area contributed by atoms with Crippen molar-refractivity contribution >= 4 is 11.9 Å². The first kappa shape index (κ1) is 14.0. The van der Waals surface area contributed by atoms with Crippen LogP contribution in [0.3, 0.4) is 0 Å². The normalized spacial score (nSPS) is 11.7. The molecule has 2 N–H and O–H groups in total. The molecule has 0 heterocycles. The molecule has 1 aromatic carbocycles. The van der Waals surface area contributed by atoms with Crippen molar-refractivity contribution in [1.82, 2.24) is 5.32 Å². The van der Waals surface area contributed by atoms with Gasteiger partial charge in [0.05, 0.1) is 6.61 Å². The van der Waals surface area contributed by atoms with E-state index in [1.807, 2.05) is 0 Å². The minimum absolute atomic E-state index is 0.130. The van der Waals surface area contributed by atoms with Crippen LogP contribution < -0.4 is 5.32 Å². The first-order valence-corrected chi connectivity index (χ1v) is 5.72. The molecule has 1 atom stereocenters. The molecule has 0 bridgehead atoms. The number of amides is 1. The van der Waals surface area contributed by atoms with Crippen molar-refractivity contribution in [2.24, 2.45) is 0 Å². The largest absolute Gasteiger partial charge is 0.508 e. The number of phenolic OH excluding ortho intramolecular Hbond substituents is 1.